The Morgan fingerprint density at radius 3 is 2.67 bits per heavy atom. The molecule has 1 rings (SSSR count). The van der Waals surface area contributed by atoms with Crippen molar-refractivity contribution in [1.82, 2.24) is 4.98 Å². The second kappa shape index (κ2) is 10.1. The fraction of sp³-hybridized carbons (Fsp3) is 0.500. The van der Waals surface area contributed by atoms with E-state index in [-0.39, 0.29) is 36.8 Å². The predicted octanol–water partition coefficient (Wildman–Crippen LogP) is 1.78. The van der Waals surface area contributed by atoms with E-state index in [1.165, 1.54) is 5.38 Å². The van der Waals surface area contributed by atoms with Gasteiger partial charge in [-0.05, 0) is 13.8 Å². The molecular formula is C12H18N3O7PS. The molecule has 0 saturated carbocycles. The quantitative estimate of drug-likeness (QED) is 0.184. The van der Waals surface area contributed by atoms with Crippen LogP contribution in [0, 0.1) is 0 Å². The lowest BCUT2D eigenvalue weighted by Crippen LogP contribution is -2.16. The highest BCUT2D eigenvalue weighted by Crippen LogP contribution is 2.47. The molecule has 0 aliphatic heterocycles. The van der Waals surface area contributed by atoms with Crippen LogP contribution in [0.1, 0.15) is 19.5 Å². The van der Waals surface area contributed by atoms with Gasteiger partial charge in [0, 0.05) is 5.38 Å². The van der Waals surface area contributed by atoms with Gasteiger partial charge in [-0.2, -0.15) is 0 Å². The number of carbonyl (C=O) groups excluding carboxylic acids is 1. The Labute approximate surface area is 142 Å². The van der Waals surface area contributed by atoms with Gasteiger partial charge >= 0.3 is 13.6 Å². The lowest BCUT2D eigenvalue weighted by Gasteiger charge is -2.15. The van der Waals surface area contributed by atoms with E-state index < -0.39 is 19.3 Å². The zero-order valence-corrected chi connectivity index (χ0v) is 14.8. The van der Waals surface area contributed by atoms with Crippen molar-refractivity contribution >= 4 is 42.2 Å². The Kier molecular flexibility index (Phi) is 8.55. The zero-order valence-electron chi connectivity index (χ0n) is 13.1. The van der Waals surface area contributed by atoms with Crippen LogP contribution in [0.3, 0.4) is 0 Å². The number of aromatic nitrogens is 1. The highest BCUT2D eigenvalue weighted by atomic mass is 32.1. The maximum Gasteiger partial charge on any atom is 0.360 e. The van der Waals surface area contributed by atoms with Crippen molar-refractivity contribution in [2.45, 2.75) is 13.8 Å². The number of carboxylic acid groups (broad SMARTS) is 1. The molecule has 0 aromatic carbocycles. The SMILES string of the molecule is CCOP(=O)(CCON=C(C(=O)O)c1csc(NC=O)n1)OCC. The first kappa shape index (κ1) is 20.2. The van der Waals surface area contributed by atoms with Crippen molar-refractivity contribution in [3.8, 4) is 0 Å². The lowest BCUT2D eigenvalue weighted by atomic mass is 10.3. The van der Waals surface area contributed by atoms with Crippen molar-refractivity contribution in [2.75, 3.05) is 31.3 Å². The van der Waals surface area contributed by atoms with Gasteiger partial charge in [0.25, 0.3) is 0 Å². The van der Waals surface area contributed by atoms with Crippen molar-refractivity contribution in [3.63, 3.8) is 0 Å². The van der Waals surface area contributed by atoms with E-state index in [1.807, 2.05) is 0 Å². The zero-order chi connectivity index (χ0) is 18.0. The average Bonchev–Trinajstić information content (AvgIpc) is 2.96. The van der Waals surface area contributed by atoms with Gasteiger partial charge in [-0.1, -0.05) is 5.16 Å². The Bertz CT molecular complexity index is 624. The van der Waals surface area contributed by atoms with Crippen molar-refractivity contribution in [3.05, 3.63) is 11.1 Å². The minimum absolute atomic E-state index is 0.0367. The van der Waals surface area contributed by atoms with Gasteiger partial charge in [-0.15, -0.1) is 11.3 Å². The number of carboxylic acids is 1. The summed E-state index contributed by atoms with van der Waals surface area (Å²) in [6, 6.07) is 0. The van der Waals surface area contributed by atoms with E-state index in [0.29, 0.717) is 6.41 Å². The van der Waals surface area contributed by atoms with Gasteiger partial charge in [0.2, 0.25) is 12.1 Å². The molecule has 0 unspecified atom stereocenters. The second-order valence-electron chi connectivity index (χ2n) is 4.05. The van der Waals surface area contributed by atoms with Gasteiger partial charge in [-0.25, -0.2) is 9.78 Å². The van der Waals surface area contributed by atoms with E-state index in [9.17, 15) is 14.2 Å². The molecule has 0 saturated heterocycles. The van der Waals surface area contributed by atoms with E-state index in [0.717, 1.165) is 11.3 Å². The topological polar surface area (TPSA) is 136 Å². The molecule has 0 fully saturated rings. The molecule has 0 aliphatic carbocycles. The molecule has 0 atom stereocenters. The Morgan fingerprint density at radius 1 is 1.46 bits per heavy atom. The maximum absolute atomic E-state index is 12.2. The number of oxime groups is 1. The first-order chi connectivity index (χ1) is 11.5. The van der Waals surface area contributed by atoms with Gasteiger partial charge in [0.15, 0.2) is 5.13 Å². The number of carbonyl (C=O) groups is 2. The fourth-order valence-corrected chi connectivity index (χ4v) is 3.60. The number of nitrogens with zero attached hydrogens (tertiary/aromatic N) is 2. The molecule has 0 radical (unpaired) electrons. The number of hydrogen-bond acceptors (Lipinski definition) is 9. The Balaban J connectivity index is 2.71. The molecule has 134 valence electrons. The predicted molar refractivity (Wildman–Crippen MR) is 87.7 cm³/mol. The number of hydrogen-bond donors (Lipinski definition) is 2. The molecule has 1 heterocycles. The van der Waals surface area contributed by atoms with Gasteiger partial charge in [0.05, 0.1) is 19.4 Å². The molecule has 1 aromatic heterocycles. The smallest absolute Gasteiger partial charge is 0.360 e. The van der Waals surface area contributed by atoms with E-state index >= 15 is 0 Å². The van der Waals surface area contributed by atoms with Crippen molar-refractivity contribution < 1.29 is 33.1 Å². The van der Waals surface area contributed by atoms with Gasteiger partial charge in [-0.3, -0.25) is 9.36 Å². The monoisotopic (exact) mass is 379 g/mol. The summed E-state index contributed by atoms with van der Waals surface area (Å²) in [5.74, 6) is -1.35. The molecule has 24 heavy (non-hydrogen) atoms. The van der Waals surface area contributed by atoms with Crippen LogP contribution in [0.2, 0.25) is 0 Å². The number of rotatable bonds is 12. The summed E-state index contributed by atoms with van der Waals surface area (Å²) in [5.41, 5.74) is -0.400. The first-order valence-electron chi connectivity index (χ1n) is 6.93. The number of amides is 1. The normalized spacial score (nSPS) is 12.0. The molecule has 12 heteroatoms. The third kappa shape index (κ3) is 6.36. The molecular weight excluding hydrogens is 361 g/mol. The number of anilines is 1. The molecule has 1 aromatic rings. The third-order valence-electron chi connectivity index (χ3n) is 2.40. The molecule has 2 N–H and O–H groups in total. The number of nitrogens with one attached hydrogen (secondary N) is 1. The summed E-state index contributed by atoms with van der Waals surface area (Å²) in [6.45, 7) is 3.64. The maximum atomic E-state index is 12.2. The van der Waals surface area contributed by atoms with Crippen molar-refractivity contribution in [2.24, 2.45) is 5.16 Å². The van der Waals surface area contributed by atoms with Gasteiger partial charge < -0.3 is 24.3 Å². The van der Waals surface area contributed by atoms with Crippen LogP contribution in [0.5, 0.6) is 0 Å². The highest BCUT2D eigenvalue weighted by molar-refractivity contribution is 7.53. The van der Waals surface area contributed by atoms with Crippen LogP contribution >= 0.6 is 18.9 Å². The number of aliphatic carboxylic acids is 1. The van der Waals surface area contributed by atoms with Crippen molar-refractivity contribution in [1.29, 1.82) is 0 Å². The van der Waals surface area contributed by atoms with Crippen LogP contribution in [-0.2, 0) is 28.0 Å². The molecule has 1 amide bonds. The summed E-state index contributed by atoms with van der Waals surface area (Å²) in [7, 11) is -3.28. The molecule has 10 nitrogen and oxygen atoms in total. The van der Waals surface area contributed by atoms with Gasteiger partial charge in [0.1, 0.15) is 12.3 Å². The highest BCUT2D eigenvalue weighted by Gasteiger charge is 2.24. The second-order valence-corrected chi connectivity index (χ2v) is 7.09. The van der Waals surface area contributed by atoms with E-state index in [4.69, 9.17) is 19.0 Å². The first-order valence-corrected chi connectivity index (χ1v) is 9.54. The lowest BCUT2D eigenvalue weighted by molar-refractivity contribution is -0.129. The third-order valence-corrected chi connectivity index (χ3v) is 5.20. The Hall–Kier alpha value is -1.81. The van der Waals surface area contributed by atoms with Crippen LogP contribution in [0.25, 0.3) is 0 Å². The minimum atomic E-state index is -3.28. The summed E-state index contributed by atoms with van der Waals surface area (Å²) >= 11 is 1.04. The number of thiazole rings is 1. The molecule has 0 bridgehead atoms. The summed E-state index contributed by atoms with van der Waals surface area (Å²) < 4.78 is 22.3. The molecule has 0 aliphatic rings. The standard InChI is InChI=1S/C12H18N3O7PS/c1-3-21-23(19,22-4-2)6-5-20-15-10(11(17)18)9-7-24-12(14-9)13-8-16/h7-8H,3-6H2,1-2H3,(H,17,18)(H,13,14,16). The largest absolute Gasteiger partial charge is 0.476 e. The fourth-order valence-electron chi connectivity index (χ4n) is 1.52. The van der Waals surface area contributed by atoms with Crippen LogP contribution in [0.4, 0.5) is 5.13 Å². The van der Waals surface area contributed by atoms with E-state index in [1.54, 1.807) is 13.8 Å². The van der Waals surface area contributed by atoms with Crippen LogP contribution in [-0.4, -0.2) is 54.2 Å². The molecule has 0 spiro atoms. The average molecular weight is 379 g/mol. The van der Waals surface area contributed by atoms with Crippen LogP contribution < -0.4 is 5.32 Å². The van der Waals surface area contributed by atoms with E-state index in [2.05, 4.69) is 15.5 Å². The Morgan fingerprint density at radius 2 is 2.12 bits per heavy atom. The summed E-state index contributed by atoms with van der Waals surface area (Å²) in [4.78, 5) is 30.4. The van der Waals surface area contributed by atoms with Crippen LogP contribution in [0.15, 0.2) is 10.5 Å². The summed E-state index contributed by atoms with van der Waals surface area (Å²) in [6.07, 6.45) is 0.357. The minimum Gasteiger partial charge on any atom is -0.476 e. The summed E-state index contributed by atoms with van der Waals surface area (Å²) in [5, 5.41) is 16.6.